The molecule has 122 valence electrons. The van der Waals surface area contributed by atoms with E-state index < -0.39 is 0 Å². The average molecular weight is 321 g/mol. The molecule has 3 aliphatic rings. The molecule has 3 fully saturated rings. The molecular formula is C19H29ClN2. The first-order chi connectivity index (χ1) is 10.4. The van der Waals surface area contributed by atoms with Crippen molar-refractivity contribution in [3.8, 4) is 0 Å². The van der Waals surface area contributed by atoms with E-state index in [4.69, 9.17) is 0 Å². The van der Waals surface area contributed by atoms with Gasteiger partial charge in [-0.1, -0.05) is 30.3 Å². The van der Waals surface area contributed by atoms with Crippen molar-refractivity contribution in [2.24, 2.45) is 5.92 Å². The molecular weight excluding hydrogens is 292 g/mol. The highest BCUT2D eigenvalue weighted by Gasteiger charge is 2.41. The first kappa shape index (κ1) is 16.3. The fraction of sp³-hybridized carbons (Fsp3) is 0.684. The molecule has 0 spiro atoms. The Hall–Kier alpha value is -0.570. The maximum absolute atomic E-state index is 3.50. The van der Waals surface area contributed by atoms with Gasteiger partial charge in [-0.15, -0.1) is 12.4 Å². The van der Waals surface area contributed by atoms with Crippen molar-refractivity contribution in [3.63, 3.8) is 0 Å². The fourth-order valence-electron chi connectivity index (χ4n) is 4.93. The second kappa shape index (κ2) is 7.33. The third kappa shape index (κ3) is 3.34. The molecule has 0 aliphatic carbocycles. The third-order valence-corrected chi connectivity index (χ3v) is 6.08. The quantitative estimate of drug-likeness (QED) is 0.911. The summed E-state index contributed by atoms with van der Waals surface area (Å²) in [6.07, 6.45) is 8.45. The zero-order chi connectivity index (χ0) is 14.1. The van der Waals surface area contributed by atoms with Gasteiger partial charge < -0.3 is 5.32 Å². The summed E-state index contributed by atoms with van der Waals surface area (Å²) < 4.78 is 0. The van der Waals surface area contributed by atoms with Gasteiger partial charge in [-0.2, -0.15) is 0 Å². The van der Waals surface area contributed by atoms with E-state index in [9.17, 15) is 0 Å². The van der Waals surface area contributed by atoms with E-state index in [0.29, 0.717) is 0 Å². The highest BCUT2D eigenvalue weighted by Crippen LogP contribution is 2.43. The van der Waals surface area contributed by atoms with Gasteiger partial charge in [0.05, 0.1) is 0 Å². The highest BCUT2D eigenvalue weighted by molar-refractivity contribution is 5.85. The second-order valence-electron chi connectivity index (χ2n) is 7.35. The van der Waals surface area contributed by atoms with Gasteiger partial charge >= 0.3 is 0 Å². The molecule has 3 atom stereocenters. The van der Waals surface area contributed by atoms with Crippen LogP contribution >= 0.6 is 12.4 Å². The van der Waals surface area contributed by atoms with E-state index >= 15 is 0 Å². The molecule has 22 heavy (non-hydrogen) atoms. The number of hydrogen-bond donors (Lipinski definition) is 1. The summed E-state index contributed by atoms with van der Waals surface area (Å²) in [5.41, 5.74) is 1.58. The van der Waals surface area contributed by atoms with Gasteiger partial charge in [0.2, 0.25) is 0 Å². The number of fused-ring (bicyclic) bond motifs is 2. The zero-order valence-electron chi connectivity index (χ0n) is 13.4. The molecule has 2 nitrogen and oxygen atoms in total. The topological polar surface area (TPSA) is 15.3 Å². The Morgan fingerprint density at radius 2 is 1.55 bits per heavy atom. The molecule has 1 aromatic rings. The van der Waals surface area contributed by atoms with Gasteiger partial charge in [-0.25, -0.2) is 0 Å². The van der Waals surface area contributed by atoms with Crippen molar-refractivity contribution in [2.45, 2.75) is 56.5 Å². The van der Waals surface area contributed by atoms with E-state index in [-0.39, 0.29) is 12.4 Å². The third-order valence-electron chi connectivity index (χ3n) is 6.08. The smallest absolute Gasteiger partial charge is 0.0105 e. The standard InChI is InChI=1S/C19H28N2.ClH/c1-2-4-16(5-3-1)17-12-18-6-7-19(13-17)21(18)14-15-8-10-20-11-9-15;/h1-5,15,17-20H,6-14H2;1H/t17?,18-,19+;. The van der Waals surface area contributed by atoms with E-state index in [1.165, 1.54) is 58.2 Å². The summed E-state index contributed by atoms with van der Waals surface area (Å²) in [6.45, 7) is 3.85. The Bertz CT molecular complexity index is 444. The van der Waals surface area contributed by atoms with Crippen LogP contribution in [-0.4, -0.2) is 36.6 Å². The van der Waals surface area contributed by atoms with Crippen LogP contribution in [0.4, 0.5) is 0 Å². The lowest BCUT2D eigenvalue weighted by molar-refractivity contribution is 0.0973. The minimum atomic E-state index is 0. The first-order valence-corrected chi connectivity index (χ1v) is 8.91. The van der Waals surface area contributed by atoms with Gasteiger partial charge in [-0.05, 0) is 69.0 Å². The number of halogens is 1. The number of nitrogens with zero attached hydrogens (tertiary/aromatic N) is 1. The Morgan fingerprint density at radius 3 is 2.18 bits per heavy atom. The van der Waals surface area contributed by atoms with Crippen molar-refractivity contribution in [1.82, 2.24) is 10.2 Å². The SMILES string of the molecule is Cl.c1ccc(C2C[C@H]3CC[C@@H](C2)N3CC2CCNCC2)cc1. The lowest BCUT2D eigenvalue weighted by atomic mass is 9.84. The number of hydrogen-bond acceptors (Lipinski definition) is 2. The zero-order valence-corrected chi connectivity index (χ0v) is 14.2. The van der Waals surface area contributed by atoms with Gasteiger partial charge in [0, 0.05) is 18.6 Å². The number of rotatable bonds is 3. The van der Waals surface area contributed by atoms with E-state index in [1.54, 1.807) is 5.56 Å². The molecule has 4 rings (SSSR count). The van der Waals surface area contributed by atoms with E-state index in [1.807, 2.05) is 0 Å². The largest absolute Gasteiger partial charge is 0.317 e. The number of nitrogens with one attached hydrogen (secondary N) is 1. The average Bonchev–Trinajstić information content (AvgIpc) is 2.78. The van der Waals surface area contributed by atoms with Crippen LogP contribution in [0.25, 0.3) is 0 Å². The second-order valence-corrected chi connectivity index (χ2v) is 7.35. The first-order valence-electron chi connectivity index (χ1n) is 8.91. The van der Waals surface area contributed by atoms with Crippen molar-refractivity contribution in [1.29, 1.82) is 0 Å². The highest BCUT2D eigenvalue weighted by atomic mass is 35.5. The maximum Gasteiger partial charge on any atom is 0.0105 e. The summed E-state index contributed by atoms with van der Waals surface area (Å²) in [5, 5.41) is 3.50. The summed E-state index contributed by atoms with van der Waals surface area (Å²) in [6, 6.07) is 13.0. The summed E-state index contributed by atoms with van der Waals surface area (Å²) in [5.74, 6) is 1.76. The molecule has 0 aromatic heterocycles. The predicted octanol–water partition coefficient (Wildman–Crippen LogP) is 3.82. The normalized spacial score (nSPS) is 32.6. The molecule has 3 aliphatic heterocycles. The Balaban J connectivity index is 0.00000144. The van der Waals surface area contributed by atoms with Crippen LogP contribution in [0.2, 0.25) is 0 Å². The molecule has 1 N–H and O–H groups in total. The summed E-state index contributed by atoms with van der Waals surface area (Å²) in [4.78, 5) is 2.90. The Labute approximate surface area is 141 Å². The molecule has 3 heteroatoms. The molecule has 0 radical (unpaired) electrons. The van der Waals surface area contributed by atoms with Crippen LogP contribution in [0, 0.1) is 5.92 Å². The predicted molar refractivity (Wildman–Crippen MR) is 94.8 cm³/mol. The van der Waals surface area contributed by atoms with Crippen molar-refractivity contribution >= 4 is 12.4 Å². The monoisotopic (exact) mass is 320 g/mol. The summed E-state index contributed by atoms with van der Waals surface area (Å²) in [7, 11) is 0. The van der Waals surface area contributed by atoms with E-state index in [2.05, 4.69) is 40.5 Å². The van der Waals surface area contributed by atoms with Crippen molar-refractivity contribution in [2.75, 3.05) is 19.6 Å². The fourth-order valence-corrected chi connectivity index (χ4v) is 4.93. The van der Waals surface area contributed by atoms with Crippen LogP contribution < -0.4 is 5.32 Å². The van der Waals surface area contributed by atoms with Crippen LogP contribution in [0.15, 0.2) is 30.3 Å². The lowest BCUT2D eigenvalue weighted by Crippen LogP contribution is -2.46. The molecule has 1 unspecified atom stereocenters. The minimum Gasteiger partial charge on any atom is -0.317 e. The molecule has 3 heterocycles. The van der Waals surface area contributed by atoms with Crippen LogP contribution in [0.1, 0.15) is 50.0 Å². The van der Waals surface area contributed by atoms with Gasteiger partial charge in [0.15, 0.2) is 0 Å². The molecule has 1 aromatic carbocycles. The Kier molecular flexibility index (Phi) is 5.43. The number of piperidine rings is 2. The van der Waals surface area contributed by atoms with Crippen molar-refractivity contribution < 1.29 is 0 Å². The lowest BCUT2D eigenvalue weighted by Gasteiger charge is -2.41. The van der Waals surface area contributed by atoms with Crippen molar-refractivity contribution in [3.05, 3.63) is 35.9 Å². The van der Waals surface area contributed by atoms with Gasteiger partial charge in [0.1, 0.15) is 0 Å². The van der Waals surface area contributed by atoms with E-state index in [0.717, 1.165) is 23.9 Å². The molecule has 2 bridgehead atoms. The Morgan fingerprint density at radius 1 is 0.909 bits per heavy atom. The molecule has 0 saturated carbocycles. The summed E-state index contributed by atoms with van der Waals surface area (Å²) >= 11 is 0. The molecule has 3 saturated heterocycles. The minimum absolute atomic E-state index is 0. The van der Waals surface area contributed by atoms with Gasteiger partial charge in [-0.3, -0.25) is 4.90 Å². The maximum atomic E-state index is 3.50. The molecule has 0 amide bonds. The van der Waals surface area contributed by atoms with Crippen LogP contribution in [0.3, 0.4) is 0 Å². The van der Waals surface area contributed by atoms with Crippen LogP contribution in [0.5, 0.6) is 0 Å². The van der Waals surface area contributed by atoms with Crippen LogP contribution in [-0.2, 0) is 0 Å². The number of benzene rings is 1. The van der Waals surface area contributed by atoms with Gasteiger partial charge in [0.25, 0.3) is 0 Å².